The number of nitrogens with one attached hydrogen (secondary N) is 3. The van der Waals surface area contributed by atoms with Gasteiger partial charge in [0.2, 0.25) is 0 Å². The molecule has 2 amide bonds. The fraction of sp³-hybridized carbons (Fsp3) is 0.318. The van der Waals surface area contributed by atoms with Crippen molar-refractivity contribution >= 4 is 16.9 Å². The summed E-state index contributed by atoms with van der Waals surface area (Å²) in [5.41, 5.74) is 4.12. The fourth-order valence-electron chi connectivity index (χ4n) is 3.19. The van der Waals surface area contributed by atoms with Crippen LogP contribution in [0.25, 0.3) is 10.9 Å². The molecule has 160 valence electrons. The van der Waals surface area contributed by atoms with Crippen LogP contribution in [0.15, 0.2) is 42.6 Å². The van der Waals surface area contributed by atoms with Crippen molar-refractivity contribution in [2.45, 2.75) is 33.4 Å². The zero-order valence-electron chi connectivity index (χ0n) is 16.9. The molecule has 0 bridgehead atoms. The van der Waals surface area contributed by atoms with Gasteiger partial charge in [0.15, 0.2) is 11.5 Å². The highest BCUT2D eigenvalue weighted by molar-refractivity contribution is 5.83. The van der Waals surface area contributed by atoms with Gasteiger partial charge in [-0.1, -0.05) is 18.2 Å². The first kappa shape index (κ1) is 21.4. The van der Waals surface area contributed by atoms with Crippen molar-refractivity contribution in [2.75, 3.05) is 13.2 Å². The van der Waals surface area contributed by atoms with Gasteiger partial charge in [0.1, 0.15) is 0 Å². The number of halogens is 2. The molecule has 1 aromatic heterocycles. The number of hydrogen-bond acceptors (Lipinski definition) is 3. The zero-order valence-corrected chi connectivity index (χ0v) is 16.9. The van der Waals surface area contributed by atoms with Crippen molar-refractivity contribution in [2.24, 2.45) is 0 Å². The molecule has 3 rings (SSSR count). The van der Waals surface area contributed by atoms with E-state index in [1.807, 2.05) is 13.1 Å². The van der Waals surface area contributed by atoms with Gasteiger partial charge in [-0.2, -0.15) is 8.78 Å². The number of aromatic amines is 1. The van der Waals surface area contributed by atoms with Gasteiger partial charge >= 0.3 is 12.6 Å². The average Bonchev–Trinajstić information content (AvgIpc) is 3.10. The summed E-state index contributed by atoms with van der Waals surface area (Å²) < 4.78 is 34.7. The van der Waals surface area contributed by atoms with Gasteiger partial charge in [-0.05, 0) is 55.2 Å². The second-order valence-corrected chi connectivity index (χ2v) is 6.82. The van der Waals surface area contributed by atoms with Crippen LogP contribution >= 0.6 is 0 Å². The highest BCUT2D eigenvalue weighted by Gasteiger charge is 2.12. The number of fused-ring (bicyclic) bond motifs is 1. The lowest BCUT2D eigenvalue weighted by Crippen LogP contribution is -2.36. The first-order chi connectivity index (χ1) is 14.5. The third-order valence-corrected chi connectivity index (χ3v) is 4.58. The van der Waals surface area contributed by atoms with Crippen molar-refractivity contribution in [3.8, 4) is 11.5 Å². The fourth-order valence-corrected chi connectivity index (χ4v) is 3.19. The maximum atomic E-state index is 12.5. The predicted octanol–water partition coefficient (Wildman–Crippen LogP) is 4.52. The van der Waals surface area contributed by atoms with E-state index in [9.17, 15) is 13.6 Å². The van der Waals surface area contributed by atoms with E-state index in [0.717, 1.165) is 16.5 Å². The molecule has 0 unspecified atom stereocenters. The van der Waals surface area contributed by atoms with Crippen LogP contribution in [0.3, 0.4) is 0 Å². The number of carbonyl (C=O) groups is 1. The van der Waals surface area contributed by atoms with Crippen molar-refractivity contribution in [1.29, 1.82) is 0 Å². The van der Waals surface area contributed by atoms with E-state index in [4.69, 9.17) is 4.74 Å². The second-order valence-electron chi connectivity index (χ2n) is 6.82. The molecular weight excluding hydrogens is 392 g/mol. The Kier molecular flexibility index (Phi) is 7.11. The van der Waals surface area contributed by atoms with Gasteiger partial charge in [-0.3, -0.25) is 0 Å². The Hall–Kier alpha value is -3.29. The summed E-state index contributed by atoms with van der Waals surface area (Å²) in [6.45, 7) is 1.89. The normalized spacial score (nSPS) is 11.0. The molecule has 0 aliphatic rings. The maximum Gasteiger partial charge on any atom is 0.387 e. The van der Waals surface area contributed by atoms with E-state index in [1.165, 1.54) is 11.6 Å². The Labute approximate surface area is 173 Å². The summed E-state index contributed by atoms with van der Waals surface area (Å²) in [4.78, 5) is 15.3. The lowest BCUT2D eigenvalue weighted by Gasteiger charge is -2.13. The summed E-state index contributed by atoms with van der Waals surface area (Å²) in [6, 6.07) is 10.5. The van der Waals surface area contributed by atoms with E-state index >= 15 is 0 Å². The highest BCUT2D eigenvalue weighted by Crippen LogP contribution is 2.29. The van der Waals surface area contributed by atoms with Gasteiger partial charge in [0.05, 0.1) is 6.61 Å². The molecule has 2 aromatic carbocycles. The Morgan fingerprint density at radius 1 is 1.13 bits per heavy atom. The molecule has 3 aromatic rings. The first-order valence-electron chi connectivity index (χ1n) is 9.75. The summed E-state index contributed by atoms with van der Waals surface area (Å²) in [5, 5.41) is 6.73. The van der Waals surface area contributed by atoms with Crippen LogP contribution < -0.4 is 20.1 Å². The van der Waals surface area contributed by atoms with E-state index < -0.39 is 6.61 Å². The van der Waals surface area contributed by atoms with E-state index in [1.54, 1.807) is 19.1 Å². The number of H-pyrrole nitrogens is 1. The molecule has 0 fully saturated rings. The minimum absolute atomic E-state index is 0.0334. The topological polar surface area (TPSA) is 75.4 Å². The van der Waals surface area contributed by atoms with E-state index in [-0.39, 0.29) is 24.1 Å². The molecule has 0 saturated carbocycles. The Morgan fingerprint density at radius 3 is 2.73 bits per heavy atom. The molecule has 3 N–H and O–H groups in total. The van der Waals surface area contributed by atoms with Crippen molar-refractivity contribution < 1.29 is 23.0 Å². The van der Waals surface area contributed by atoms with Gasteiger partial charge in [0, 0.05) is 30.2 Å². The summed E-state index contributed by atoms with van der Waals surface area (Å²) >= 11 is 0. The van der Waals surface area contributed by atoms with Crippen LogP contribution in [0.5, 0.6) is 11.5 Å². The van der Waals surface area contributed by atoms with Crippen LogP contribution in [-0.2, 0) is 13.0 Å². The number of urea groups is 1. The molecule has 30 heavy (non-hydrogen) atoms. The number of amides is 2. The number of benzene rings is 2. The van der Waals surface area contributed by atoms with Crippen LogP contribution in [0.4, 0.5) is 13.6 Å². The number of alkyl halides is 2. The largest absolute Gasteiger partial charge is 0.490 e. The quantitative estimate of drug-likeness (QED) is 0.479. The predicted molar refractivity (Wildman–Crippen MR) is 111 cm³/mol. The summed E-state index contributed by atoms with van der Waals surface area (Å²) in [5.74, 6) is 0.182. The third kappa shape index (κ3) is 5.62. The van der Waals surface area contributed by atoms with E-state index in [2.05, 4.69) is 38.6 Å². The van der Waals surface area contributed by atoms with Crippen LogP contribution in [0.1, 0.15) is 23.6 Å². The molecule has 0 aliphatic carbocycles. The maximum absolute atomic E-state index is 12.5. The van der Waals surface area contributed by atoms with E-state index in [0.29, 0.717) is 25.1 Å². The smallest absolute Gasteiger partial charge is 0.387 e. The number of aromatic nitrogens is 1. The number of hydrogen-bond donors (Lipinski definition) is 3. The van der Waals surface area contributed by atoms with Crippen molar-refractivity contribution in [1.82, 2.24) is 15.6 Å². The standard InChI is InChI=1S/C22H25F2N3O3/c1-3-29-20-11-15(5-7-19(20)30-21(23)24)12-27-22(28)25-9-8-16-13-26-18-10-14(2)4-6-17(16)18/h4-7,10-11,13,21,26H,3,8-9,12H2,1-2H3,(H2,25,27,28). The summed E-state index contributed by atoms with van der Waals surface area (Å²) in [7, 11) is 0. The molecular formula is C22H25F2N3O3. The number of rotatable bonds is 9. The van der Waals surface area contributed by atoms with Gasteiger partial charge in [-0.25, -0.2) is 4.79 Å². The number of carbonyl (C=O) groups excluding carboxylic acids is 1. The number of ether oxygens (including phenoxy) is 2. The van der Waals surface area contributed by atoms with Crippen molar-refractivity contribution in [3.05, 3.63) is 59.3 Å². The van der Waals surface area contributed by atoms with Crippen molar-refractivity contribution in [3.63, 3.8) is 0 Å². The van der Waals surface area contributed by atoms with Crippen LogP contribution in [0.2, 0.25) is 0 Å². The Balaban J connectivity index is 1.49. The molecule has 8 heteroatoms. The lowest BCUT2D eigenvalue weighted by molar-refractivity contribution is -0.0514. The SMILES string of the molecule is CCOc1cc(CNC(=O)NCCc2c[nH]c3cc(C)ccc23)ccc1OC(F)F. The lowest BCUT2D eigenvalue weighted by atomic mass is 10.1. The molecule has 6 nitrogen and oxygen atoms in total. The Bertz CT molecular complexity index is 1000. The molecule has 0 radical (unpaired) electrons. The van der Waals surface area contributed by atoms with Gasteiger partial charge in [0.25, 0.3) is 0 Å². The summed E-state index contributed by atoms with van der Waals surface area (Å²) in [6.07, 6.45) is 2.66. The monoisotopic (exact) mass is 417 g/mol. The average molecular weight is 417 g/mol. The zero-order chi connectivity index (χ0) is 21.5. The highest BCUT2D eigenvalue weighted by atomic mass is 19.3. The van der Waals surface area contributed by atoms with Gasteiger partial charge in [-0.15, -0.1) is 0 Å². The molecule has 0 aliphatic heterocycles. The first-order valence-corrected chi connectivity index (χ1v) is 9.75. The molecule has 0 spiro atoms. The second kappa shape index (κ2) is 9.96. The van der Waals surface area contributed by atoms with Crippen LogP contribution in [0, 0.1) is 6.92 Å². The molecule has 0 saturated heterocycles. The van der Waals surface area contributed by atoms with Crippen LogP contribution in [-0.4, -0.2) is 30.8 Å². The minimum atomic E-state index is -2.93. The molecule has 1 heterocycles. The molecule has 0 atom stereocenters. The third-order valence-electron chi connectivity index (χ3n) is 4.58. The minimum Gasteiger partial charge on any atom is -0.490 e. The Morgan fingerprint density at radius 2 is 1.97 bits per heavy atom. The number of aryl methyl sites for hydroxylation is 1. The van der Waals surface area contributed by atoms with Gasteiger partial charge < -0.3 is 25.1 Å².